The van der Waals surface area contributed by atoms with Gasteiger partial charge in [0.05, 0.1) is 15.8 Å². The van der Waals surface area contributed by atoms with Crippen LogP contribution in [0.2, 0.25) is 10.0 Å². The number of thioether (sulfide) groups is 1. The van der Waals surface area contributed by atoms with E-state index in [4.69, 9.17) is 23.2 Å². The summed E-state index contributed by atoms with van der Waals surface area (Å²) in [7, 11) is 0. The fourth-order valence-electron chi connectivity index (χ4n) is 2.66. The Balaban J connectivity index is 1.68. The lowest BCUT2D eigenvalue weighted by Crippen LogP contribution is -2.24. The first kappa shape index (κ1) is 22.2. The van der Waals surface area contributed by atoms with Crippen molar-refractivity contribution in [2.75, 3.05) is 10.6 Å². The second-order valence-corrected chi connectivity index (χ2v) is 8.47. The SMILES string of the molecule is CCC(Sc1cccc(NC(=O)c2ccc(Cl)cc2Cl)c1)C(=O)Nc1ccncc1. The zero-order chi connectivity index (χ0) is 21.5. The van der Waals surface area contributed by atoms with E-state index in [1.54, 1.807) is 42.7 Å². The van der Waals surface area contributed by atoms with Crippen molar-refractivity contribution in [2.24, 2.45) is 0 Å². The van der Waals surface area contributed by atoms with Crippen LogP contribution < -0.4 is 10.6 Å². The quantitative estimate of drug-likeness (QED) is 0.415. The highest BCUT2D eigenvalue weighted by atomic mass is 35.5. The van der Waals surface area contributed by atoms with Crippen molar-refractivity contribution in [3.8, 4) is 0 Å². The highest BCUT2D eigenvalue weighted by Gasteiger charge is 2.18. The number of hydrogen-bond acceptors (Lipinski definition) is 4. The van der Waals surface area contributed by atoms with E-state index >= 15 is 0 Å². The van der Waals surface area contributed by atoms with E-state index in [0.717, 1.165) is 4.90 Å². The Morgan fingerprint density at radius 3 is 2.47 bits per heavy atom. The molecule has 0 radical (unpaired) electrons. The third-order valence-corrected chi connectivity index (χ3v) is 6.06. The van der Waals surface area contributed by atoms with E-state index in [1.165, 1.54) is 17.8 Å². The van der Waals surface area contributed by atoms with Gasteiger partial charge in [-0.15, -0.1) is 11.8 Å². The highest BCUT2D eigenvalue weighted by Crippen LogP contribution is 2.29. The Kier molecular flexibility index (Phi) is 7.74. The molecule has 1 aromatic heterocycles. The molecule has 0 saturated carbocycles. The number of nitrogens with zero attached hydrogens (tertiary/aromatic N) is 1. The van der Waals surface area contributed by atoms with Crippen LogP contribution in [0.25, 0.3) is 0 Å². The fraction of sp³-hybridized carbons (Fsp3) is 0.136. The van der Waals surface area contributed by atoms with E-state index in [1.807, 2.05) is 25.1 Å². The zero-order valence-corrected chi connectivity index (χ0v) is 18.4. The first-order valence-corrected chi connectivity index (χ1v) is 10.8. The first-order chi connectivity index (χ1) is 14.5. The molecule has 2 N–H and O–H groups in total. The topological polar surface area (TPSA) is 71.1 Å². The largest absolute Gasteiger partial charge is 0.325 e. The lowest BCUT2D eigenvalue weighted by molar-refractivity contribution is -0.115. The molecule has 2 amide bonds. The van der Waals surface area contributed by atoms with E-state index in [0.29, 0.717) is 28.4 Å². The number of hydrogen-bond donors (Lipinski definition) is 2. The molecule has 8 heteroatoms. The molecular weight excluding hydrogens is 441 g/mol. The molecule has 0 aliphatic carbocycles. The molecule has 1 unspecified atom stereocenters. The number of benzene rings is 2. The van der Waals surface area contributed by atoms with Gasteiger partial charge < -0.3 is 10.6 Å². The zero-order valence-electron chi connectivity index (χ0n) is 16.1. The molecule has 3 rings (SSSR count). The number of rotatable bonds is 7. The van der Waals surface area contributed by atoms with Crippen molar-refractivity contribution in [2.45, 2.75) is 23.5 Å². The summed E-state index contributed by atoms with van der Waals surface area (Å²) in [6.45, 7) is 1.96. The number of anilines is 2. The van der Waals surface area contributed by atoms with Crippen LogP contribution in [0, 0.1) is 0 Å². The number of aromatic nitrogens is 1. The number of pyridine rings is 1. The Bertz CT molecular complexity index is 1050. The minimum absolute atomic E-state index is 0.0870. The smallest absolute Gasteiger partial charge is 0.257 e. The van der Waals surface area contributed by atoms with Gasteiger partial charge in [-0.05, 0) is 55.0 Å². The Morgan fingerprint density at radius 2 is 1.77 bits per heavy atom. The lowest BCUT2D eigenvalue weighted by atomic mass is 10.2. The summed E-state index contributed by atoms with van der Waals surface area (Å²) < 4.78 is 0. The average molecular weight is 460 g/mol. The molecule has 154 valence electrons. The molecule has 0 bridgehead atoms. The Labute approximate surface area is 189 Å². The van der Waals surface area contributed by atoms with Crippen LogP contribution in [-0.2, 0) is 4.79 Å². The van der Waals surface area contributed by atoms with Crippen molar-refractivity contribution >= 4 is 58.2 Å². The summed E-state index contributed by atoms with van der Waals surface area (Å²) in [6, 6.07) is 15.5. The van der Waals surface area contributed by atoms with Crippen LogP contribution in [0.15, 0.2) is 71.9 Å². The molecule has 3 aromatic rings. The number of nitrogens with one attached hydrogen (secondary N) is 2. The predicted octanol–water partition coefficient (Wildman–Crippen LogP) is 6.15. The van der Waals surface area contributed by atoms with Gasteiger partial charge in [-0.2, -0.15) is 0 Å². The molecule has 0 aliphatic rings. The van der Waals surface area contributed by atoms with Crippen molar-refractivity contribution < 1.29 is 9.59 Å². The minimum atomic E-state index is -0.332. The van der Waals surface area contributed by atoms with Gasteiger partial charge in [-0.3, -0.25) is 14.6 Å². The van der Waals surface area contributed by atoms with Gasteiger partial charge >= 0.3 is 0 Å². The van der Waals surface area contributed by atoms with E-state index in [9.17, 15) is 9.59 Å². The van der Waals surface area contributed by atoms with Crippen LogP contribution in [0.1, 0.15) is 23.7 Å². The van der Waals surface area contributed by atoms with Crippen LogP contribution in [0.5, 0.6) is 0 Å². The molecule has 1 heterocycles. The van der Waals surface area contributed by atoms with E-state index < -0.39 is 0 Å². The fourth-order valence-corrected chi connectivity index (χ4v) is 4.17. The van der Waals surface area contributed by atoms with Crippen LogP contribution in [0.3, 0.4) is 0 Å². The normalized spacial score (nSPS) is 11.6. The predicted molar refractivity (Wildman–Crippen MR) is 124 cm³/mol. The summed E-state index contributed by atoms with van der Waals surface area (Å²) in [4.78, 5) is 30.0. The maximum atomic E-state index is 12.6. The summed E-state index contributed by atoms with van der Waals surface area (Å²) >= 11 is 13.4. The van der Waals surface area contributed by atoms with Gasteiger partial charge in [-0.1, -0.05) is 36.2 Å². The number of amides is 2. The third kappa shape index (κ3) is 5.98. The highest BCUT2D eigenvalue weighted by molar-refractivity contribution is 8.00. The Hall–Kier alpha value is -2.54. The minimum Gasteiger partial charge on any atom is -0.325 e. The van der Waals surface area contributed by atoms with Crippen LogP contribution >= 0.6 is 35.0 Å². The second kappa shape index (κ2) is 10.5. The molecule has 0 spiro atoms. The van der Waals surface area contributed by atoms with Crippen molar-refractivity contribution in [3.63, 3.8) is 0 Å². The summed E-state index contributed by atoms with van der Waals surface area (Å²) in [6.07, 6.45) is 3.91. The lowest BCUT2D eigenvalue weighted by Gasteiger charge is -2.15. The van der Waals surface area contributed by atoms with Gasteiger partial charge in [0.25, 0.3) is 5.91 Å². The molecule has 1 atom stereocenters. The van der Waals surface area contributed by atoms with Crippen molar-refractivity contribution in [1.82, 2.24) is 4.98 Å². The average Bonchev–Trinajstić information content (AvgIpc) is 2.72. The second-order valence-electron chi connectivity index (χ2n) is 6.35. The monoisotopic (exact) mass is 459 g/mol. The van der Waals surface area contributed by atoms with Gasteiger partial charge in [-0.25, -0.2) is 0 Å². The summed E-state index contributed by atoms with van der Waals surface area (Å²) in [5, 5.41) is 6.19. The summed E-state index contributed by atoms with van der Waals surface area (Å²) in [5.41, 5.74) is 1.65. The standard InChI is InChI=1S/C22H19Cl2N3O2S/c1-2-20(22(29)26-15-8-10-25-11-9-15)30-17-5-3-4-16(13-17)27-21(28)18-7-6-14(23)12-19(18)24/h3-13,20H,2H2,1H3,(H,27,28)(H,25,26,29). The van der Waals surface area contributed by atoms with Gasteiger partial charge in [0.1, 0.15) is 0 Å². The maximum Gasteiger partial charge on any atom is 0.257 e. The van der Waals surface area contributed by atoms with Crippen LogP contribution in [-0.4, -0.2) is 22.0 Å². The van der Waals surface area contributed by atoms with Gasteiger partial charge in [0.15, 0.2) is 0 Å². The summed E-state index contributed by atoms with van der Waals surface area (Å²) in [5.74, 6) is -0.419. The van der Waals surface area contributed by atoms with Crippen LogP contribution in [0.4, 0.5) is 11.4 Å². The first-order valence-electron chi connectivity index (χ1n) is 9.20. The molecule has 0 saturated heterocycles. The van der Waals surface area contributed by atoms with Crippen molar-refractivity contribution in [3.05, 3.63) is 82.6 Å². The number of carbonyl (C=O) groups is 2. The van der Waals surface area contributed by atoms with E-state index in [-0.39, 0.29) is 22.1 Å². The maximum absolute atomic E-state index is 12.6. The van der Waals surface area contributed by atoms with E-state index in [2.05, 4.69) is 15.6 Å². The Morgan fingerprint density at radius 1 is 1.00 bits per heavy atom. The molecule has 0 aliphatic heterocycles. The van der Waals surface area contributed by atoms with Gasteiger partial charge in [0, 0.05) is 33.7 Å². The van der Waals surface area contributed by atoms with Crippen molar-refractivity contribution in [1.29, 1.82) is 0 Å². The third-order valence-electron chi connectivity index (χ3n) is 4.16. The molecular formula is C22H19Cl2N3O2S. The molecule has 2 aromatic carbocycles. The molecule has 30 heavy (non-hydrogen) atoms. The molecule has 0 fully saturated rings. The number of carbonyl (C=O) groups excluding carboxylic acids is 2. The number of halogens is 2. The molecule has 5 nitrogen and oxygen atoms in total. The van der Waals surface area contributed by atoms with Gasteiger partial charge in [0.2, 0.25) is 5.91 Å².